The molecule has 0 radical (unpaired) electrons. The summed E-state index contributed by atoms with van der Waals surface area (Å²) in [6, 6.07) is 0.0178. The van der Waals surface area contributed by atoms with Crippen molar-refractivity contribution >= 4 is 12.2 Å². The highest BCUT2D eigenvalue weighted by atomic mass is 16.6. The van der Waals surface area contributed by atoms with Crippen LogP contribution in [-0.2, 0) is 9.47 Å². The Hall–Kier alpha value is -1.46. The van der Waals surface area contributed by atoms with E-state index in [4.69, 9.17) is 15.2 Å². The zero-order valence-corrected chi connectivity index (χ0v) is 12.5. The molecule has 6 nitrogen and oxygen atoms in total. The zero-order chi connectivity index (χ0) is 15.1. The molecular formula is C13H26N2O4. The van der Waals surface area contributed by atoms with Gasteiger partial charge >= 0.3 is 12.2 Å². The van der Waals surface area contributed by atoms with Gasteiger partial charge in [0.05, 0.1) is 0 Å². The van der Waals surface area contributed by atoms with Gasteiger partial charge in [-0.15, -0.1) is 0 Å². The van der Waals surface area contributed by atoms with Crippen LogP contribution in [0.15, 0.2) is 0 Å². The summed E-state index contributed by atoms with van der Waals surface area (Å²) in [5.74, 6) is 0.221. The van der Waals surface area contributed by atoms with E-state index < -0.39 is 17.6 Å². The molecule has 0 aliphatic rings. The topological polar surface area (TPSA) is 90.7 Å². The number of rotatable bonds is 7. The predicted molar refractivity (Wildman–Crippen MR) is 72.7 cm³/mol. The molecule has 3 N–H and O–H groups in total. The first-order chi connectivity index (χ1) is 8.71. The molecule has 112 valence electrons. The number of alkyl carbamates (subject to hydrolysis) is 1. The van der Waals surface area contributed by atoms with Gasteiger partial charge in [0.1, 0.15) is 13.2 Å². The summed E-state index contributed by atoms with van der Waals surface area (Å²) >= 11 is 0. The quantitative estimate of drug-likeness (QED) is 0.745. The second-order valence-electron chi connectivity index (χ2n) is 5.45. The van der Waals surface area contributed by atoms with Crippen molar-refractivity contribution in [3.8, 4) is 0 Å². The Balaban J connectivity index is 4.50. The van der Waals surface area contributed by atoms with Crippen LogP contribution < -0.4 is 11.1 Å². The van der Waals surface area contributed by atoms with E-state index in [1.807, 2.05) is 34.6 Å². The first-order valence-electron chi connectivity index (χ1n) is 6.56. The monoisotopic (exact) mass is 274 g/mol. The van der Waals surface area contributed by atoms with Crippen LogP contribution >= 0.6 is 0 Å². The van der Waals surface area contributed by atoms with Crippen LogP contribution in [0, 0.1) is 11.3 Å². The van der Waals surface area contributed by atoms with Gasteiger partial charge in [-0.3, -0.25) is 0 Å². The van der Waals surface area contributed by atoms with Crippen LogP contribution in [0.2, 0.25) is 0 Å². The summed E-state index contributed by atoms with van der Waals surface area (Å²) in [5, 5.41) is 2.64. The molecule has 0 unspecified atom stereocenters. The van der Waals surface area contributed by atoms with Crippen molar-refractivity contribution in [3.05, 3.63) is 0 Å². The second-order valence-corrected chi connectivity index (χ2v) is 5.45. The van der Waals surface area contributed by atoms with Gasteiger partial charge in [0.25, 0.3) is 0 Å². The first-order valence-corrected chi connectivity index (χ1v) is 6.56. The van der Waals surface area contributed by atoms with Crippen molar-refractivity contribution in [2.45, 2.75) is 47.1 Å². The van der Waals surface area contributed by atoms with E-state index in [1.165, 1.54) is 0 Å². The summed E-state index contributed by atoms with van der Waals surface area (Å²) < 4.78 is 10.1. The highest BCUT2D eigenvalue weighted by molar-refractivity contribution is 5.67. The van der Waals surface area contributed by atoms with Gasteiger partial charge in [-0.25, -0.2) is 9.59 Å². The maximum Gasteiger partial charge on any atom is 0.407 e. The second kappa shape index (κ2) is 7.86. The average molecular weight is 274 g/mol. The van der Waals surface area contributed by atoms with E-state index in [0.717, 1.165) is 6.42 Å². The van der Waals surface area contributed by atoms with Crippen LogP contribution in [0.4, 0.5) is 9.59 Å². The molecule has 0 aromatic carbocycles. The van der Waals surface area contributed by atoms with Crippen LogP contribution in [0.5, 0.6) is 0 Å². The van der Waals surface area contributed by atoms with Gasteiger partial charge in [-0.1, -0.05) is 27.2 Å². The average Bonchev–Trinajstić information content (AvgIpc) is 2.32. The van der Waals surface area contributed by atoms with E-state index in [2.05, 4.69) is 5.32 Å². The molecule has 2 atom stereocenters. The molecule has 0 bridgehead atoms. The highest BCUT2D eigenvalue weighted by Gasteiger charge is 2.33. The van der Waals surface area contributed by atoms with Crippen LogP contribution in [-0.4, -0.2) is 31.4 Å². The molecule has 6 heteroatoms. The Morgan fingerprint density at radius 1 is 1.21 bits per heavy atom. The Bertz CT molecular complexity index is 307. The number of nitrogens with one attached hydrogen (secondary N) is 1. The van der Waals surface area contributed by atoms with Crippen LogP contribution in [0.1, 0.15) is 41.0 Å². The fourth-order valence-electron chi connectivity index (χ4n) is 1.56. The number of carbonyl (C=O) groups excluding carboxylic acids is 2. The largest absolute Gasteiger partial charge is 0.449 e. The first kappa shape index (κ1) is 17.5. The molecule has 0 spiro atoms. The third-order valence-electron chi connectivity index (χ3n) is 3.29. The van der Waals surface area contributed by atoms with Crippen molar-refractivity contribution in [1.82, 2.24) is 5.32 Å². The third kappa shape index (κ3) is 6.88. The van der Waals surface area contributed by atoms with E-state index in [1.54, 1.807) is 0 Å². The lowest BCUT2D eigenvalue weighted by Gasteiger charge is -2.33. The fraction of sp³-hybridized carbons (Fsp3) is 0.846. The number of carbonyl (C=O) groups is 2. The minimum atomic E-state index is -0.818. The van der Waals surface area contributed by atoms with Gasteiger partial charge in [0.15, 0.2) is 0 Å². The lowest BCUT2D eigenvalue weighted by atomic mass is 9.78. The van der Waals surface area contributed by atoms with E-state index in [0.29, 0.717) is 0 Å². The van der Waals surface area contributed by atoms with Crippen molar-refractivity contribution in [2.75, 3.05) is 13.2 Å². The number of amides is 2. The summed E-state index contributed by atoms with van der Waals surface area (Å²) in [4.78, 5) is 22.2. The molecule has 0 aromatic heterocycles. The minimum Gasteiger partial charge on any atom is -0.449 e. The predicted octanol–water partition coefficient (Wildman–Crippen LogP) is 2.27. The van der Waals surface area contributed by atoms with Gasteiger partial charge < -0.3 is 20.5 Å². The van der Waals surface area contributed by atoms with Crippen molar-refractivity contribution < 1.29 is 19.1 Å². The van der Waals surface area contributed by atoms with Crippen molar-refractivity contribution in [1.29, 1.82) is 0 Å². The molecular weight excluding hydrogens is 248 g/mol. The molecule has 0 saturated heterocycles. The van der Waals surface area contributed by atoms with Gasteiger partial charge in [0.2, 0.25) is 0 Å². The Morgan fingerprint density at radius 3 is 2.16 bits per heavy atom. The van der Waals surface area contributed by atoms with Crippen molar-refractivity contribution in [3.63, 3.8) is 0 Å². The molecule has 0 fully saturated rings. The Labute approximate surface area is 115 Å². The Morgan fingerprint density at radius 2 is 1.74 bits per heavy atom. The molecule has 0 aromatic rings. The SMILES string of the molecule is CC[C@@H](C)[C@@](C)(COC(N)=O)COC(=O)NC(C)C. The summed E-state index contributed by atoms with van der Waals surface area (Å²) in [6.45, 7) is 9.97. The van der Waals surface area contributed by atoms with Gasteiger partial charge in [-0.2, -0.15) is 0 Å². The summed E-state index contributed by atoms with van der Waals surface area (Å²) in [5.41, 5.74) is 4.54. The smallest absolute Gasteiger partial charge is 0.407 e. The normalized spacial score (nSPS) is 15.5. The number of hydrogen-bond acceptors (Lipinski definition) is 4. The van der Waals surface area contributed by atoms with Crippen molar-refractivity contribution in [2.24, 2.45) is 17.1 Å². The Kier molecular flexibility index (Phi) is 7.26. The van der Waals surface area contributed by atoms with E-state index in [-0.39, 0.29) is 25.2 Å². The number of ether oxygens (including phenoxy) is 2. The lowest BCUT2D eigenvalue weighted by molar-refractivity contribution is 0.00533. The maximum atomic E-state index is 11.5. The molecule has 19 heavy (non-hydrogen) atoms. The summed E-state index contributed by atoms with van der Waals surface area (Å²) in [6.07, 6.45) is -0.405. The standard InChI is InChI=1S/C13H26N2O4/c1-6-10(4)13(5,7-18-11(14)16)8-19-12(17)15-9(2)3/h9-10H,6-8H2,1-5H3,(H2,14,16)(H,15,17)/t10-,13+/m1/s1. The van der Waals surface area contributed by atoms with E-state index in [9.17, 15) is 9.59 Å². The van der Waals surface area contributed by atoms with Gasteiger partial charge in [-0.05, 0) is 19.8 Å². The number of nitrogens with two attached hydrogens (primary N) is 1. The van der Waals surface area contributed by atoms with Gasteiger partial charge in [0, 0.05) is 11.5 Å². The summed E-state index contributed by atoms with van der Waals surface area (Å²) in [7, 11) is 0. The maximum absolute atomic E-state index is 11.5. The number of hydrogen-bond donors (Lipinski definition) is 2. The molecule has 0 rings (SSSR count). The zero-order valence-electron chi connectivity index (χ0n) is 12.5. The molecule has 0 aliphatic carbocycles. The molecule has 2 amide bonds. The van der Waals surface area contributed by atoms with E-state index >= 15 is 0 Å². The lowest BCUT2D eigenvalue weighted by Crippen LogP contribution is -2.40. The highest BCUT2D eigenvalue weighted by Crippen LogP contribution is 2.30. The van der Waals surface area contributed by atoms with Crippen LogP contribution in [0.3, 0.4) is 0 Å². The molecule has 0 saturated carbocycles. The van der Waals surface area contributed by atoms with Crippen LogP contribution in [0.25, 0.3) is 0 Å². The molecule has 0 aliphatic heterocycles. The fourth-order valence-corrected chi connectivity index (χ4v) is 1.56. The minimum absolute atomic E-state index is 0.0178. The molecule has 0 heterocycles. The number of primary amides is 1. The third-order valence-corrected chi connectivity index (χ3v) is 3.29.